The molecule has 0 aromatic carbocycles. The van der Waals surface area contributed by atoms with Crippen LogP contribution in [-0.2, 0) is 11.2 Å². The summed E-state index contributed by atoms with van der Waals surface area (Å²) in [4.78, 5) is 4.47. The summed E-state index contributed by atoms with van der Waals surface area (Å²) in [5, 5.41) is 7.74. The minimum atomic E-state index is 0.185. The molecular formula is C11H13BrN4O. The van der Waals surface area contributed by atoms with E-state index in [0.29, 0.717) is 0 Å². The zero-order valence-electron chi connectivity index (χ0n) is 9.27. The van der Waals surface area contributed by atoms with E-state index in [1.54, 1.807) is 4.52 Å². The van der Waals surface area contributed by atoms with Crippen LogP contribution < -0.4 is 5.32 Å². The maximum absolute atomic E-state index is 5.64. The van der Waals surface area contributed by atoms with Crippen molar-refractivity contribution >= 4 is 21.6 Å². The van der Waals surface area contributed by atoms with Crippen molar-refractivity contribution in [2.24, 2.45) is 0 Å². The number of fused-ring (bicyclic) bond motifs is 1. The SMILES string of the molecule is Brc1ccc2nc(CC3CNCCO3)nn2c1. The van der Waals surface area contributed by atoms with Crippen LogP contribution in [0.15, 0.2) is 22.8 Å². The number of ether oxygens (including phenoxy) is 1. The van der Waals surface area contributed by atoms with Gasteiger partial charge < -0.3 is 10.1 Å². The lowest BCUT2D eigenvalue weighted by Crippen LogP contribution is -2.39. The fraction of sp³-hybridized carbons (Fsp3) is 0.455. The van der Waals surface area contributed by atoms with Crippen molar-refractivity contribution in [2.45, 2.75) is 12.5 Å². The van der Waals surface area contributed by atoms with E-state index in [0.717, 1.165) is 42.1 Å². The molecule has 1 atom stereocenters. The average Bonchev–Trinajstić information content (AvgIpc) is 2.71. The number of aromatic nitrogens is 3. The summed E-state index contributed by atoms with van der Waals surface area (Å²) >= 11 is 3.42. The molecule has 6 heteroatoms. The van der Waals surface area contributed by atoms with Gasteiger partial charge in [0.15, 0.2) is 11.5 Å². The number of hydrogen-bond donors (Lipinski definition) is 1. The highest BCUT2D eigenvalue weighted by Crippen LogP contribution is 2.12. The first-order valence-corrected chi connectivity index (χ1v) is 6.44. The quantitative estimate of drug-likeness (QED) is 0.899. The van der Waals surface area contributed by atoms with Crippen molar-refractivity contribution in [1.29, 1.82) is 0 Å². The molecule has 3 rings (SSSR count). The summed E-state index contributed by atoms with van der Waals surface area (Å²) in [5.41, 5.74) is 0.868. The van der Waals surface area contributed by atoms with Gasteiger partial charge in [-0.15, -0.1) is 0 Å². The molecule has 0 amide bonds. The number of rotatable bonds is 2. The Morgan fingerprint density at radius 3 is 3.29 bits per heavy atom. The Morgan fingerprint density at radius 2 is 2.47 bits per heavy atom. The molecule has 1 fully saturated rings. The fourth-order valence-corrected chi connectivity index (χ4v) is 2.27. The van der Waals surface area contributed by atoms with Crippen molar-refractivity contribution in [3.05, 3.63) is 28.6 Å². The number of halogens is 1. The molecule has 90 valence electrons. The van der Waals surface area contributed by atoms with Crippen LogP contribution in [0, 0.1) is 0 Å². The van der Waals surface area contributed by atoms with Gasteiger partial charge in [0.2, 0.25) is 0 Å². The normalized spacial score (nSPS) is 20.9. The van der Waals surface area contributed by atoms with Crippen molar-refractivity contribution in [3.63, 3.8) is 0 Å². The number of nitrogens with one attached hydrogen (secondary N) is 1. The van der Waals surface area contributed by atoms with Crippen molar-refractivity contribution in [3.8, 4) is 0 Å². The van der Waals surface area contributed by atoms with Crippen LogP contribution in [0.5, 0.6) is 0 Å². The van der Waals surface area contributed by atoms with Gasteiger partial charge >= 0.3 is 0 Å². The van der Waals surface area contributed by atoms with Crippen LogP contribution in [0.1, 0.15) is 5.82 Å². The van der Waals surface area contributed by atoms with E-state index < -0.39 is 0 Å². The predicted molar refractivity (Wildman–Crippen MR) is 67.0 cm³/mol. The molecule has 0 radical (unpaired) electrons. The number of nitrogens with zero attached hydrogens (tertiary/aromatic N) is 3. The van der Waals surface area contributed by atoms with E-state index >= 15 is 0 Å². The first kappa shape index (κ1) is 11.1. The van der Waals surface area contributed by atoms with Gasteiger partial charge in [-0.2, -0.15) is 5.10 Å². The Hall–Kier alpha value is -0.980. The highest BCUT2D eigenvalue weighted by atomic mass is 79.9. The van der Waals surface area contributed by atoms with Crippen molar-refractivity contribution < 1.29 is 4.74 Å². The number of pyridine rings is 1. The van der Waals surface area contributed by atoms with Crippen LogP contribution in [-0.4, -0.2) is 40.4 Å². The lowest BCUT2D eigenvalue weighted by molar-refractivity contribution is 0.0281. The van der Waals surface area contributed by atoms with E-state index in [1.807, 2.05) is 18.3 Å². The van der Waals surface area contributed by atoms with Crippen LogP contribution >= 0.6 is 15.9 Å². The highest BCUT2D eigenvalue weighted by Gasteiger charge is 2.16. The molecule has 1 N–H and O–H groups in total. The monoisotopic (exact) mass is 296 g/mol. The second kappa shape index (κ2) is 4.72. The predicted octanol–water partition coefficient (Wildman–Crippen LogP) is 1.02. The summed E-state index contributed by atoms with van der Waals surface area (Å²) in [6.45, 7) is 2.57. The summed E-state index contributed by atoms with van der Waals surface area (Å²) in [5.74, 6) is 0.830. The third kappa shape index (κ3) is 2.48. The molecule has 1 unspecified atom stereocenters. The van der Waals surface area contributed by atoms with Crippen LogP contribution in [0.2, 0.25) is 0 Å². The van der Waals surface area contributed by atoms with Gasteiger partial charge in [0.1, 0.15) is 0 Å². The molecule has 1 saturated heterocycles. The van der Waals surface area contributed by atoms with Gasteiger partial charge in [-0.25, -0.2) is 9.50 Å². The molecule has 0 saturated carbocycles. The first-order chi connectivity index (χ1) is 8.31. The zero-order valence-corrected chi connectivity index (χ0v) is 10.9. The molecule has 3 heterocycles. The molecule has 0 spiro atoms. The third-order valence-electron chi connectivity index (χ3n) is 2.75. The van der Waals surface area contributed by atoms with Gasteiger partial charge in [-0.1, -0.05) is 0 Å². The lowest BCUT2D eigenvalue weighted by atomic mass is 10.2. The Labute approximate surface area is 107 Å². The molecule has 17 heavy (non-hydrogen) atoms. The minimum Gasteiger partial charge on any atom is -0.375 e. The summed E-state index contributed by atoms with van der Waals surface area (Å²) < 4.78 is 8.43. The van der Waals surface area contributed by atoms with Gasteiger partial charge in [-0.05, 0) is 28.1 Å². The molecule has 0 bridgehead atoms. The summed E-state index contributed by atoms with van der Waals surface area (Å²) in [7, 11) is 0. The van der Waals surface area contributed by atoms with E-state index in [2.05, 4.69) is 31.3 Å². The first-order valence-electron chi connectivity index (χ1n) is 5.64. The molecule has 5 nitrogen and oxygen atoms in total. The van der Waals surface area contributed by atoms with E-state index in [4.69, 9.17) is 4.74 Å². The zero-order chi connectivity index (χ0) is 11.7. The molecular weight excluding hydrogens is 284 g/mol. The molecule has 2 aromatic heterocycles. The Kier molecular flexibility index (Phi) is 3.09. The Bertz CT molecular complexity index is 521. The fourth-order valence-electron chi connectivity index (χ4n) is 1.94. The maximum atomic E-state index is 5.64. The summed E-state index contributed by atoms with van der Waals surface area (Å²) in [6, 6.07) is 3.91. The summed E-state index contributed by atoms with van der Waals surface area (Å²) in [6.07, 6.45) is 2.85. The van der Waals surface area contributed by atoms with Gasteiger partial charge in [0.05, 0.1) is 12.7 Å². The van der Waals surface area contributed by atoms with E-state index in [-0.39, 0.29) is 6.10 Å². The third-order valence-corrected chi connectivity index (χ3v) is 3.22. The highest BCUT2D eigenvalue weighted by molar-refractivity contribution is 9.10. The molecule has 0 aliphatic carbocycles. The number of morpholine rings is 1. The minimum absolute atomic E-state index is 0.185. The van der Waals surface area contributed by atoms with Gasteiger partial charge in [-0.3, -0.25) is 0 Å². The van der Waals surface area contributed by atoms with Crippen molar-refractivity contribution in [1.82, 2.24) is 19.9 Å². The molecule has 2 aromatic rings. The topological polar surface area (TPSA) is 51.5 Å². The van der Waals surface area contributed by atoms with Crippen LogP contribution in [0.25, 0.3) is 5.65 Å². The van der Waals surface area contributed by atoms with E-state index in [9.17, 15) is 0 Å². The second-order valence-electron chi connectivity index (χ2n) is 4.08. The van der Waals surface area contributed by atoms with E-state index in [1.165, 1.54) is 0 Å². The van der Waals surface area contributed by atoms with Crippen LogP contribution in [0.4, 0.5) is 0 Å². The maximum Gasteiger partial charge on any atom is 0.155 e. The largest absolute Gasteiger partial charge is 0.375 e. The smallest absolute Gasteiger partial charge is 0.155 e. The van der Waals surface area contributed by atoms with Crippen molar-refractivity contribution in [2.75, 3.05) is 19.7 Å². The standard InChI is InChI=1S/C11H13BrN4O/c12-8-1-2-11-14-10(15-16(11)7-8)5-9-6-13-3-4-17-9/h1-2,7,9,13H,3-6H2. The average molecular weight is 297 g/mol. The van der Waals surface area contributed by atoms with Gasteiger partial charge in [0, 0.05) is 30.2 Å². The molecule has 1 aliphatic rings. The van der Waals surface area contributed by atoms with Gasteiger partial charge in [0.25, 0.3) is 0 Å². The Morgan fingerprint density at radius 1 is 1.53 bits per heavy atom. The Balaban J connectivity index is 1.80. The molecule has 1 aliphatic heterocycles. The van der Waals surface area contributed by atoms with Crippen LogP contribution in [0.3, 0.4) is 0 Å². The number of hydrogen-bond acceptors (Lipinski definition) is 4. The second-order valence-corrected chi connectivity index (χ2v) is 4.99. The lowest BCUT2D eigenvalue weighted by Gasteiger charge is -2.22.